The van der Waals surface area contributed by atoms with Crippen molar-refractivity contribution >= 4 is 35.6 Å². The lowest BCUT2D eigenvalue weighted by atomic mass is 10.0. The molecule has 5 rings (SSSR count). The van der Waals surface area contributed by atoms with E-state index in [0.717, 1.165) is 22.3 Å². The summed E-state index contributed by atoms with van der Waals surface area (Å²) >= 11 is 1.49. The van der Waals surface area contributed by atoms with E-state index in [2.05, 4.69) is 5.32 Å². The highest BCUT2D eigenvalue weighted by molar-refractivity contribution is 8.00. The normalized spacial score (nSPS) is 18.1. The Kier molecular flexibility index (Phi) is 8.86. The molecule has 2 aliphatic rings. The van der Waals surface area contributed by atoms with Crippen LogP contribution in [0.2, 0.25) is 0 Å². The fourth-order valence-electron chi connectivity index (χ4n) is 4.64. The van der Waals surface area contributed by atoms with Crippen LogP contribution in [-0.4, -0.2) is 52.1 Å². The molecule has 0 bridgehead atoms. The van der Waals surface area contributed by atoms with Gasteiger partial charge in [0, 0.05) is 5.75 Å². The van der Waals surface area contributed by atoms with E-state index in [0.29, 0.717) is 17.1 Å². The summed E-state index contributed by atoms with van der Waals surface area (Å²) in [5, 5.41) is 11.7. The van der Waals surface area contributed by atoms with Crippen LogP contribution in [0.25, 0.3) is 6.08 Å². The Balaban J connectivity index is 1.34. The predicted molar refractivity (Wildman–Crippen MR) is 156 cm³/mol. The largest absolute Gasteiger partial charge is 0.497 e. The smallest absolute Gasteiger partial charge is 0.355 e. The lowest BCUT2D eigenvalue weighted by Crippen LogP contribution is -2.70. The second kappa shape index (κ2) is 12.9. The Hall–Kier alpha value is -4.34. The minimum absolute atomic E-state index is 0.0308. The van der Waals surface area contributed by atoms with Crippen LogP contribution >= 0.6 is 11.8 Å². The number of aliphatic hydroxyl groups is 1. The number of nitrogens with zero attached hydrogens (tertiary/aromatic N) is 1. The molecule has 3 aromatic carbocycles. The number of allylic oxidation sites excluding steroid dienone is 1. The zero-order valence-corrected chi connectivity index (χ0v) is 23.3. The lowest BCUT2D eigenvalue weighted by molar-refractivity contribution is -0.153. The van der Waals surface area contributed by atoms with Gasteiger partial charge in [0.25, 0.3) is 5.91 Å². The number of carbonyl (C=O) groups is 3. The van der Waals surface area contributed by atoms with Crippen molar-refractivity contribution in [1.82, 2.24) is 10.2 Å². The Bertz CT molecular complexity index is 1470. The topological polar surface area (TPSA) is 105 Å². The van der Waals surface area contributed by atoms with Gasteiger partial charge < -0.3 is 19.9 Å². The summed E-state index contributed by atoms with van der Waals surface area (Å²) in [5.74, 6) is -0.0557. The van der Waals surface area contributed by atoms with Crippen LogP contribution in [0.5, 0.6) is 5.75 Å². The predicted octanol–water partition coefficient (Wildman–Crippen LogP) is 3.84. The quantitative estimate of drug-likeness (QED) is 0.282. The molecule has 1 fully saturated rings. The van der Waals surface area contributed by atoms with Gasteiger partial charge in [-0.1, -0.05) is 78.9 Å². The molecule has 210 valence electrons. The van der Waals surface area contributed by atoms with Gasteiger partial charge in [-0.25, -0.2) is 4.79 Å². The third kappa shape index (κ3) is 6.53. The van der Waals surface area contributed by atoms with Crippen LogP contribution in [0.15, 0.2) is 96.2 Å². The zero-order valence-electron chi connectivity index (χ0n) is 22.5. The van der Waals surface area contributed by atoms with Crippen LogP contribution in [-0.2, 0) is 38.8 Å². The van der Waals surface area contributed by atoms with Crippen molar-refractivity contribution in [2.75, 3.05) is 12.9 Å². The maximum Gasteiger partial charge on any atom is 0.355 e. The standard InChI is InChI=1S/C32H30N2O6S/c1-39-26-15-12-24(13-16-26)19-40-32(38)29-25(14-11-21-7-9-23(18-35)10-8-21)20-41-31-28(30(37)34(29)31)33-27(36)17-22-5-3-2-4-6-22/h2-16,28,31,35H,17-20H2,1H3,(H,33,36)/b14-11+/t28-,31-/m1/s1. The molecule has 1 saturated heterocycles. The van der Waals surface area contributed by atoms with Crippen LogP contribution in [0.3, 0.4) is 0 Å². The van der Waals surface area contributed by atoms with E-state index in [9.17, 15) is 19.5 Å². The molecule has 2 atom stereocenters. The molecule has 3 aromatic rings. The highest BCUT2D eigenvalue weighted by atomic mass is 32.2. The number of ether oxygens (including phenoxy) is 2. The van der Waals surface area contributed by atoms with Gasteiger partial charge in [0.1, 0.15) is 29.5 Å². The molecule has 0 radical (unpaired) electrons. The number of rotatable bonds is 10. The van der Waals surface area contributed by atoms with Gasteiger partial charge in [-0.15, -0.1) is 11.8 Å². The number of nitrogens with one attached hydrogen (secondary N) is 1. The molecule has 8 nitrogen and oxygen atoms in total. The van der Waals surface area contributed by atoms with Crippen molar-refractivity contribution in [3.05, 3.63) is 118 Å². The molecule has 0 saturated carbocycles. The van der Waals surface area contributed by atoms with Gasteiger partial charge >= 0.3 is 5.97 Å². The number of esters is 1. The SMILES string of the molecule is COc1ccc(COC(=O)C2=C(/C=C/c3ccc(CO)cc3)CS[C@@H]3[C@H](NC(=O)Cc4ccccc4)C(=O)N23)cc1. The van der Waals surface area contributed by atoms with Gasteiger partial charge in [0.15, 0.2) is 0 Å². The van der Waals surface area contributed by atoms with E-state index < -0.39 is 17.4 Å². The number of hydrogen-bond donors (Lipinski definition) is 2. The second-order valence-corrected chi connectivity index (χ2v) is 10.8. The summed E-state index contributed by atoms with van der Waals surface area (Å²) in [4.78, 5) is 40.9. The first-order valence-corrected chi connectivity index (χ1v) is 14.2. The number of carbonyl (C=O) groups excluding carboxylic acids is 3. The number of aliphatic hydroxyl groups excluding tert-OH is 1. The molecule has 9 heteroatoms. The fraction of sp³-hybridized carbons (Fsp3) is 0.219. The first-order valence-electron chi connectivity index (χ1n) is 13.2. The Morgan fingerprint density at radius 3 is 2.37 bits per heavy atom. The molecule has 2 N–H and O–H groups in total. The van der Waals surface area contributed by atoms with Gasteiger partial charge in [-0.2, -0.15) is 0 Å². The fourth-order valence-corrected chi connectivity index (χ4v) is 5.95. The molecule has 2 amide bonds. The van der Waals surface area contributed by atoms with E-state index in [-0.39, 0.29) is 37.1 Å². The third-order valence-electron chi connectivity index (χ3n) is 6.88. The summed E-state index contributed by atoms with van der Waals surface area (Å²) in [6.07, 6.45) is 3.84. The Labute approximate surface area is 242 Å². The van der Waals surface area contributed by atoms with E-state index >= 15 is 0 Å². The number of methoxy groups -OCH3 is 1. The number of hydrogen-bond acceptors (Lipinski definition) is 7. The minimum atomic E-state index is -0.725. The average molecular weight is 571 g/mol. The molecule has 0 aromatic heterocycles. The first-order chi connectivity index (χ1) is 20.0. The molecule has 0 spiro atoms. The van der Waals surface area contributed by atoms with E-state index in [4.69, 9.17) is 9.47 Å². The van der Waals surface area contributed by atoms with E-state index in [1.54, 1.807) is 19.2 Å². The number of amides is 2. The summed E-state index contributed by atoms with van der Waals surface area (Å²) in [6.45, 7) is -0.0134. The van der Waals surface area contributed by atoms with Crippen molar-refractivity contribution in [2.45, 2.75) is 31.1 Å². The van der Waals surface area contributed by atoms with Gasteiger partial charge in [-0.3, -0.25) is 14.5 Å². The summed E-state index contributed by atoms with van der Waals surface area (Å²) in [5.41, 5.74) is 4.15. The number of thioether (sulfide) groups is 1. The molecule has 41 heavy (non-hydrogen) atoms. The highest BCUT2D eigenvalue weighted by Gasteiger charge is 2.54. The first kappa shape index (κ1) is 28.2. The summed E-state index contributed by atoms with van der Waals surface area (Å²) in [6, 6.07) is 23.2. The van der Waals surface area contributed by atoms with Gasteiger partial charge in [0.05, 0.1) is 20.1 Å². The van der Waals surface area contributed by atoms with Crippen LogP contribution < -0.4 is 10.1 Å². The Morgan fingerprint density at radius 2 is 1.68 bits per heavy atom. The molecule has 0 unspecified atom stereocenters. The highest BCUT2D eigenvalue weighted by Crippen LogP contribution is 2.41. The Morgan fingerprint density at radius 1 is 0.976 bits per heavy atom. The average Bonchev–Trinajstić information content (AvgIpc) is 3.02. The van der Waals surface area contributed by atoms with E-state index in [1.165, 1.54) is 16.7 Å². The zero-order chi connectivity index (χ0) is 28.8. The summed E-state index contributed by atoms with van der Waals surface area (Å²) < 4.78 is 10.8. The monoisotopic (exact) mass is 570 g/mol. The van der Waals surface area contributed by atoms with Gasteiger partial charge in [0.2, 0.25) is 5.91 Å². The maximum absolute atomic E-state index is 13.4. The van der Waals surface area contributed by atoms with Crippen molar-refractivity contribution in [3.63, 3.8) is 0 Å². The second-order valence-electron chi connectivity index (χ2n) is 9.65. The molecular weight excluding hydrogens is 540 g/mol. The van der Waals surface area contributed by atoms with Crippen molar-refractivity contribution in [3.8, 4) is 5.75 Å². The van der Waals surface area contributed by atoms with Crippen molar-refractivity contribution < 1.29 is 29.0 Å². The van der Waals surface area contributed by atoms with Crippen LogP contribution in [0.1, 0.15) is 22.3 Å². The number of fused-ring (bicyclic) bond motifs is 1. The molecule has 2 aliphatic heterocycles. The summed E-state index contributed by atoms with van der Waals surface area (Å²) in [7, 11) is 1.58. The van der Waals surface area contributed by atoms with Crippen LogP contribution in [0, 0.1) is 0 Å². The minimum Gasteiger partial charge on any atom is -0.497 e. The molecule has 0 aliphatic carbocycles. The molecule has 2 heterocycles. The van der Waals surface area contributed by atoms with Gasteiger partial charge in [-0.05, 0) is 40.0 Å². The van der Waals surface area contributed by atoms with Crippen LogP contribution in [0.4, 0.5) is 0 Å². The number of benzene rings is 3. The van der Waals surface area contributed by atoms with Crippen molar-refractivity contribution in [1.29, 1.82) is 0 Å². The van der Waals surface area contributed by atoms with Crippen molar-refractivity contribution in [2.24, 2.45) is 0 Å². The maximum atomic E-state index is 13.4. The molecular formula is C32H30N2O6S. The number of β-lactam (4-membered cyclic amide) rings is 1. The lowest BCUT2D eigenvalue weighted by Gasteiger charge is -2.49. The third-order valence-corrected chi connectivity index (χ3v) is 8.19. The van der Waals surface area contributed by atoms with E-state index in [1.807, 2.05) is 78.9 Å².